The lowest BCUT2D eigenvalue weighted by Crippen LogP contribution is -2.66. The molecule has 0 radical (unpaired) electrons. The molecule has 0 aliphatic carbocycles. The molecule has 38 heavy (non-hydrogen) atoms. The van der Waals surface area contributed by atoms with Gasteiger partial charge in [0, 0.05) is 34.2 Å². The number of carbonyl (C=O) groups excluding carboxylic acids is 4. The second kappa shape index (κ2) is 13.5. The van der Waals surface area contributed by atoms with E-state index in [4.69, 9.17) is 41.0 Å². The maximum atomic E-state index is 11.9. The van der Waals surface area contributed by atoms with Crippen LogP contribution in [-0.4, -0.2) is 74.7 Å². The molecule has 4 N–H and O–H groups in total. The number of hydrogen-bond donors (Lipinski definition) is 3. The van der Waals surface area contributed by atoms with Gasteiger partial charge in [0.05, 0.1) is 4.90 Å². The Bertz CT molecular complexity index is 1160. The lowest BCUT2D eigenvalue weighted by molar-refractivity contribution is -0.254. The summed E-state index contributed by atoms with van der Waals surface area (Å²) in [6.45, 7) is 4.29. The number of rotatable bonds is 9. The third-order valence-electron chi connectivity index (χ3n) is 4.97. The van der Waals surface area contributed by atoms with Crippen molar-refractivity contribution < 1.29 is 51.3 Å². The van der Waals surface area contributed by atoms with Crippen LogP contribution in [0.5, 0.6) is 0 Å². The molecule has 0 saturated carbocycles. The van der Waals surface area contributed by atoms with Crippen LogP contribution in [0.2, 0.25) is 0 Å². The summed E-state index contributed by atoms with van der Waals surface area (Å²) < 4.78 is 49.8. The van der Waals surface area contributed by atoms with Crippen molar-refractivity contribution >= 4 is 51.2 Å². The molecule has 1 fully saturated rings. The molecule has 16 heteroatoms. The summed E-state index contributed by atoms with van der Waals surface area (Å²) in [4.78, 5) is 46.9. The molecule has 1 saturated heterocycles. The maximum Gasteiger partial charge on any atom is 0.303 e. The van der Waals surface area contributed by atoms with E-state index >= 15 is 0 Å². The van der Waals surface area contributed by atoms with Crippen LogP contribution in [0.4, 0.5) is 0 Å². The number of benzene rings is 1. The number of hydrogen-bond acceptors (Lipinski definition) is 12. The molecule has 1 aromatic carbocycles. The first kappa shape index (κ1) is 30.9. The summed E-state index contributed by atoms with van der Waals surface area (Å²) in [5, 5.41) is 10.8. The summed E-state index contributed by atoms with van der Waals surface area (Å²) in [5.74, 6) is -2.91. The van der Waals surface area contributed by atoms with E-state index < -0.39 is 64.5 Å². The molecule has 0 spiro atoms. The van der Waals surface area contributed by atoms with Crippen LogP contribution in [0.15, 0.2) is 29.2 Å². The summed E-state index contributed by atoms with van der Waals surface area (Å²) in [6.07, 6.45) is -6.34. The highest BCUT2D eigenvalue weighted by Gasteiger charge is 2.52. The van der Waals surface area contributed by atoms with Gasteiger partial charge in [0.15, 0.2) is 29.7 Å². The topological polar surface area (TPSA) is 199 Å². The van der Waals surface area contributed by atoms with Crippen molar-refractivity contribution in [1.29, 1.82) is 0 Å². The number of nitrogens with one attached hydrogen (secondary N) is 2. The minimum Gasteiger partial charge on any atom is -0.463 e. The standard InChI is InChI=1S/C22H29N3O11S2/c1-11(26)32-10-17-18(33-12(2)27)19(34-13(3)28)20(35-14(4)29)21(36-17)25-22(37)24-9-15-5-7-16(8-6-15)38(23,30)31/h5-8,17-21H,9-10H2,1-4H3,(H2,23,30,31)(H2,24,25,37)/t17-,18-,19+,20-,21-/m1/s1. The number of primary sulfonamides is 1. The molecule has 0 unspecified atom stereocenters. The summed E-state index contributed by atoms with van der Waals surface area (Å²) in [7, 11) is -3.84. The van der Waals surface area contributed by atoms with Crippen LogP contribution >= 0.6 is 12.2 Å². The Morgan fingerprint density at radius 1 is 0.895 bits per heavy atom. The quantitative estimate of drug-likeness (QED) is 0.191. The van der Waals surface area contributed by atoms with Gasteiger partial charge in [-0.3, -0.25) is 19.2 Å². The molecular formula is C22H29N3O11S2. The van der Waals surface area contributed by atoms with E-state index in [1.165, 1.54) is 31.2 Å². The predicted molar refractivity (Wildman–Crippen MR) is 132 cm³/mol. The Kier molecular flexibility index (Phi) is 10.9. The third kappa shape index (κ3) is 9.51. The Labute approximate surface area is 224 Å². The van der Waals surface area contributed by atoms with Gasteiger partial charge in [-0.1, -0.05) is 12.1 Å². The van der Waals surface area contributed by atoms with Crippen molar-refractivity contribution in [2.75, 3.05) is 6.61 Å². The highest BCUT2D eigenvalue weighted by atomic mass is 32.2. The highest BCUT2D eigenvalue weighted by Crippen LogP contribution is 2.28. The normalized spacial score (nSPS) is 22.9. The van der Waals surface area contributed by atoms with Gasteiger partial charge in [0.1, 0.15) is 12.7 Å². The van der Waals surface area contributed by atoms with Gasteiger partial charge in [-0.05, 0) is 29.9 Å². The Balaban J connectivity index is 2.26. The molecule has 1 heterocycles. The molecule has 2 rings (SSSR count). The maximum absolute atomic E-state index is 11.9. The van der Waals surface area contributed by atoms with E-state index in [-0.39, 0.29) is 23.2 Å². The Morgan fingerprint density at radius 3 is 1.92 bits per heavy atom. The van der Waals surface area contributed by atoms with E-state index in [0.717, 1.165) is 20.8 Å². The van der Waals surface area contributed by atoms with Crippen molar-refractivity contribution in [3.05, 3.63) is 29.8 Å². The molecule has 210 valence electrons. The van der Waals surface area contributed by atoms with Crippen molar-refractivity contribution in [3.8, 4) is 0 Å². The van der Waals surface area contributed by atoms with Crippen LogP contribution in [0.25, 0.3) is 0 Å². The van der Waals surface area contributed by atoms with Crippen LogP contribution in [0.1, 0.15) is 33.3 Å². The summed E-state index contributed by atoms with van der Waals surface area (Å²) in [6, 6.07) is 5.73. The number of thiocarbonyl (C=S) groups is 1. The fraction of sp³-hybridized carbons (Fsp3) is 0.500. The van der Waals surface area contributed by atoms with Gasteiger partial charge in [-0.25, -0.2) is 13.6 Å². The molecule has 1 aliphatic heterocycles. The number of sulfonamides is 1. The smallest absolute Gasteiger partial charge is 0.303 e. The van der Waals surface area contributed by atoms with E-state index in [0.29, 0.717) is 5.56 Å². The molecule has 14 nitrogen and oxygen atoms in total. The summed E-state index contributed by atoms with van der Waals surface area (Å²) >= 11 is 5.32. The zero-order valence-corrected chi connectivity index (χ0v) is 22.6. The largest absolute Gasteiger partial charge is 0.463 e. The van der Waals surface area contributed by atoms with Crippen LogP contribution in [0.3, 0.4) is 0 Å². The van der Waals surface area contributed by atoms with Crippen molar-refractivity contribution in [2.24, 2.45) is 5.14 Å². The second-order valence-corrected chi connectivity index (χ2v) is 10.1. The fourth-order valence-electron chi connectivity index (χ4n) is 3.50. The Hall–Kier alpha value is -3.34. The average molecular weight is 576 g/mol. The lowest BCUT2D eigenvalue weighted by atomic mass is 9.97. The van der Waals surface area contributed by atoms with Gasteiger partial charge >= 0.3 is 23.9 Å². The SMILES string of the molecule is CC(=O)OC[C@H]1O[C@@H](NC(=S)NCc2ccc(S(N)(=O)=O)cc2)[C@H](OC(C)=O)[C@@H](OC(C)=O)[C@@H]1OC(C)=O. The molecule has 1 aliphatic rings. The molecule has 0 aromatic heterocycles. The molecule has 5 atom stereocenters. The minimum absolute atomic E-state index is 0.0152. The van der Waals surface area contributed by atoms with E-state index in [9.17, 15) is 27.6 Å². The van der Waals surface area contributed by atoms with Gasteiger partial charge in [-0.15, -0.1) is 0 Å². The number of esters is 4. The van der Waals surface area contributed by atoms with Gasteiger partial charge in [-0.2, -0.15) is 0 Å². The zero-order chi connectivity index (χ0) is 28.6. The van der Waals surface area contributed by atoms with Crippen molar-refractivity contribution in [1.82, 2.24) is 10.6 Å². The molecule has 0 amide bonds. The van der Waals surface area contributed by atoms with Crippen LogP contribution in [-0.2, 0) is 59.4 Å². The van der Waals surface area contributed by atoms with Crippen molar-refractivity contribution in [3.63, 3.8) is 0 Å². The first-order valence-corrected chi connectivity index (χ1v) is 13.1. The monoisotopic (exact) mass is 575 g/mol. The Morgan fingerprint density at radius 2 is 1.42 bits per heavy atom. The third-order valence-corrected chi connectivity index (χ3v) is 6.16. The van der Waals surface area contributed by atoms with Gasteiger partial charge < -0.3 is 34.3 Å². The fourth-order valence-corrected chi connectivity index (χ4v) is 4.21. The lowest BCUT2D eigenvalue weighted by Gasteiger charge is -2.44. The second-order valence-electron chi connectivity index (χ2n) is 8.14. The first-order valence-electron chi connectivity index (χ1n) is 11.1. The molecular weight excluding hydrogens is 546 g/mol. The molecule has 0 bridgehead atoms. The van der Waals surface area contributed by atoms with Gasteiger partial charge in [0.2, 0.25) is 10.0 Å². The number of ether oxygens (including phenoxy) is 5. The molecule has 1 aromatic rings. The summed E-state index contributed by atoms with van der Waals surface area (Å²) in [5.41, 5.74) is 0.656. The van der Waals surface area contributed by atoms with Crippen LogP contribution < -0.4 is 15.8 Å². The van der Waals surface area contributed by atoms with E-state index in [1.807, 2.05) is 0 Å². The van der Waals surface area contributed by atoms with E-state index in [1.54, 1.807) is 0 Å². The first-order chi connectivity index (χ1) is 17.7. The minimum atomic E-state index is -3.84. The zero-order valence-electron chi connectivity index (χ0n) is 21.0. The van der Waals surface area contributed by atoms with E-state index in [2.05, 4.69) is 10.6 Å². The highest BCUT2D eigenvalue weighted by molar-refractivity contribution is 7.89. The average Bonchev–Trinajstić information content (AvgIpc) is 2.79. The predicted octanol–water partition coefficient (Wildman–Crippen LogP) is -0.619. The van der Waals surface area contributed by atoms with Crippen molar-refractivity contribution in [2.45, 2.75) is 69.8 Å². The number of carbonyl (C=O) groups is 4. The van der Waals surface area contributed by atoms with Gasteiger partial charge in [0.25, 0.3) is 0 Å². The van der Waals surface area contributed by atoms with Crippen LogP contribution in [0, 0.1) is 0 Å². The number of nitrogens with two attached hydrogens (primary N) is 1.